The Bertz CT molecular complexity index is 645. The van der Waals surface area contributed by atoms with Crippen molar-refractivity contribution in [3.63, 3.8) is 0 Å². The highest BCUT2D eigenvalue weighted by molar-refractivity contribution is 5.91. The molecule has 3 rings (SSSR count). The van der Waals surface area contributed by atoms with Crippen molar-refractivity contribution in [1.82, 2.24) is 15.0 Å². The number of hydrogen-bond donors (Lipinski definition) is 1. The highest BCUT2D eigenvalue weighted by Crippen LogP contribution is 2.20. The summed E-state index contributed by atoms with van der Waals surface area (Å²) in [5, 5.41) is 10.8. The number of para-hydroxylation sites is 1. The molecule has 108 valence electrons. The molecular formula is C16H18N4O. The number of nitrogens with zero attached hydrogens (tertiary/aromatic N) is 3. The van der Waals surface area contributed by atoms with Crippen LogP contribution in [0.1, 0.15) is 32.1 Å². The second-order valence-electron chi connectivity index (χ2n) is 5.22. The van der Waals surface area contributed by atoms with Gasteiger partial charge in [-0.2, -0.15) is 0 Å². The van der Waals surface area contributed by atoms with Crippen LogP contribution in [0.2, 0.25) is 0 Å². The van der Waals surface area contributed by atoms with Crippen molar-refractivity contribution in [1.29, 1.82) is 0 Å². The maximum atomic E-state index is 12.0. The number of anilines is 1. The number of carbonyl (C=O) groups is 1. The van der Waals surface area contributed by atoms with Crippen LogP contribution in [-0.2, 0) is 4.79 Å². The molecule has 1 aromatic heterocycles. The Labute approximate surface area is 123 Å². The number of carbonyl (C=O) groups excluding carboxylic acids is 1. The van der Waals surface area contributed by atoms with Crippen LogP contribution in [0, 0.1) is 0 Å². The molecule has 0 bridgehead atoms. The van der Waals surface area contributed by atoms with Gasteiger partial charge in [0.1, 0.15) is 0 Å². The smallest absolute Gasteiger partial charge is 0.229 e. The molecule has 1 aromatic carbocycles. The maximum Gasteiger partial charge on any atom is 0.229 e. The SMILES string of the molecule is O=C(CC1=CCCCC1)Nc1cn(-c2ccccc2)nn1. The summed E-state index contributed by atoms with van der Waals surface area (Å²) in [4.78, 5) is 12.0. The third-order valence-electron chi connectivity index (χ3n) is 3.55. The van der Waals surface area contributed by atoms with Gasteiger partial charge in [0.2, 0.25) is 5.91 Å². The maximum absolute atomic E-state index is 12.0. The van der Waals surface area contributed by atoms with E-state index in [4.69, 9.17) is 0 Å². The average Bonchev–Trinajstić information content (AvgIpc) is 2.97. The minimum absolute atomic E-state index is 0.0248. The van der Waals surface area contributed by atoms with E-state index in [0.717, 1.165) is 18.5 Å². The fourth-order valence-electron chi connectivity index (χ4n) is 2.49. The van der Waals surface area contributed by atoms with Crippen LogP contribution in [0.25, 0.3) is 5.69 Å². The molecule has 0 saturated carbocycles. The molecule has 21 heavy (non-hydrogen) atoms. The molecule has 2 aromatic rings. The van der Waals surface area contributed by atoms with Crippen molar-refractivity contribution >= 4 is 11.7 Å². The number of rotatable bonds is 4. The lowest BCUT2D eigenvalue weighted by Gasteiger charge is -2.11. The zero-order valence-electron chi connectivity index (χ0n) is 11.8. The van der Waals surface area contributed by atoms with Gasteiger partial charge >= 0.3 is 0 Å². The van der Waals surface area contributed by atoms with Gasteiger partial charge in [-0.25, -0.2) is 4.68 Å². The number of aromatic nitrogens is 3. The summed E-state index contributed by atoms with van der Waals surface area (Å²) in [5.41, 5.74) is 2.15. The van der Waals surface area contributed by atoms with Crippen LogP contribution in [0.15, 0.2) is 48.2 Å². The van der Waals surface area contributed by atoms with Crippen molar-refractivity contribution < 1.29 is 4.79 Å². The van der Waals surface area contributed by atoms with E-state index in [9.17, 15) is 4.79 Å². The van der Waals surface area contributed by atoms with Gasteiger partial charge in [0.15, 0.2) is 5.82 Å². The lowest BCUT2D eigenvalue weighted by Crippen LogP contribution is -2.13. The van der Waals surface area contributed by atoms with Crippen molar-refractivity contribution in [2.45, 2.75) is 32.1 Å². The van der Waals surface area contributed by atoms with Gasteiger partial charge in [-0.05, 0) is 37.8 Å². The fourth-order valence-corrected chi connectivity index (χ4v) is 2.49. The normalized spacial score (nSPS) is 14.6. The van der Waals surface area contributed by atoms with Gasteiger partial charge in [0.05, 0.1) is 11.9 Å². The summed E-state index contributed by atoms with van der Waals surface area (Å²) in [6.45, 7) is 0. The summed E-state index contributed by atoms with van der Waals surface area (Å²) >= 11 is 0. The Morgan fingerprint density at radius 3 is 2.86 bits per heavy atom. The molecule has 1 aliphatic carbocycles. The summed E-state index contributed by atoms with van der Waals surface area (Å²) < 4.78 is 1.65. The summed E-state index contributed by atoms with van der Waals surface area (Å²) in [6.07, 6.45) is 8.90. The van der Waals surface area contributed by atoms with E-state index < -0.39 is 0 Å². The third kappa shape index (κ3) is 3.56. The molecule has 0 radical (unpaired) electrons. The van der Waals surface area contributed by atoms with E-state index >= 15 is 0 Å². The number of benzene rings is 1. The van der Waals surface area contributed by atoms with E-state index in [1.54, 1.807) is 10.9 Å². The Hall–Kier alpha value is -2.43. The van der Waals surface area contributed by atoms with Crippen LogP contribution >= 0.6 is 0 Å². The fraction of sp³-hybridized carbons (Fsp3) is 0.312. The number of nitrogens with one attached hydrogen (secondary N) is 1. The summed E-state index contributed by atoms with van der Waals surface area (Å²) in [7, 11) is 0. The summed E-state index contributed by atoms with van der Waals surface area (Å²) in [5.74, 6) is 0.462. The Morgan fingerprint density at radius 2 is 2.10 bits per heavy atom. The van der Waals surface area contributed by atoms with Crippen molar-refractivity contribution in [2.75, 3.05) is 5.32 Å². The largest absolute Gasteiger partial charge is 0.308 e. The Kier molecular flexibility index (Phi) is 4.09. The molecule has 1 N–H and O–H groups in total. The molecule has 5 heteroatoms. The molecule has 0 unspecified atom stereocenters. The van der Waals surface area contributed by atoms with E-state index in [2.05, 4.69) is 21.7 Å². The first kappa shape index (κ1) is 13.5. The first-order valence-electron chi connectivity index (χ1n) is 7.27. The van der Waals surface area contributed by atoms with Gasteiger partial charge in [-0.1, -0.05) is 35.1 Å². The molecule has 1 heterocycles. The van der Waals surface area contributed by atoms with E-state index in [1.807, 2.05) is 30.3 Å². The topological polar surface area (TPSA) is 59.8 Å². The second-order valence-corrected chi connectivity index (χ2v) is 5.22. The van der Waals surface area contributed by atoms with E-state index in [1.165, 1.54) is 18.4 Å². The predicted octanol–water partition coefficient (Wildman–Crippen LogP) is 3.10. The number of allylic oxidation sites excluding steroid dienone is 1. The van der Waals surface area contributed by atoms with Crippen molar-refractivity contribution in [2.24, 2.45) is 0 Å². The van der Waals surface area contributed by atoms with Crippen LogP contribution < -0.4 is 5.32 Å². The molecule has 0 fully saturated rings. The van der Waals surface area contributed by atoms with Crippen molar-refractivity contribution in [3.05, 3.63) is 48.2 Å². The lowest BCUT2D eigenvalue weighted by molar-refractivity contribution is -0.115. The minimum atomic E-state index is -0.0248. The zero-order chi connectivity index (χ0) is 14.5. The highest BCUT2D eigenvalue weighted by Gasteiger charge is 2.11. The average molecular weight is 282 g/mol. The van der Waals surface area contributed by atoms with Gasteiger partial charge in [0, 0.05) is 6.42 Å². The van der Waals surface area contributed by atoms with Crippen LogP contribution in [0.3, 0.4) is 0 Å². The molecule has 5 nitrogen and oxygen atoms in total. The quantitative estimate of drug-likeness (QED) is 0.877. The van der Waals surface area contributed by atoms with Crippen molar-refractivity contribution in [3.8, 4) is 5.69 Å². The summed E-state index contributed by atoms with van der Waals surface area (Å²) in [6, 6.07) is 9.69. The zero-order valence-corrected chi connectivity index (χ0v) is 11.8. The van der Waals surface area contributed by atoms with Gasteiger partial charge < -0.3 is 5.32 Å². The monoisotopic (exact) mass is 282 g/mol. The van der Waals surface area contributed by atoms with Crippen LogP contribution in [0.5, 0.6) is 0 Å². The number of hydrogen-bond acceptors (Lipinski definition) is 3. The molecule has 0 atom stereocenters. The van der Waals surface area contributed by atoms with Gasteiger partial charge in [0.25, 0.3) is 0 Å². The third-order valence-corrected chi connectivity index (χ3v) is 3.55. The van der Waals surface area contributed by atoms with E-state index in [0.29, 0.717) is 12.2 Å². The Morgan fingerprint density at radius 1 is 1.24 bits per heavy atom. The first-order chi connectivity index (χ1) is 10.3. The predicted molar refractivity (Wildman–Crippen MR) is 81.2 cm³/mol. The van der Waals surface area contributed by atoms with Crippen LogP contribution in [-0.4, -0.2) is 20.9 Å². The molecular weight excluding hydrogens is 264 g/mol. The molecule has 1 amide bonds. The van der Waals surface area contributed by atoms with E-state index in [-0.39, 0.29) is 5.91 Å². The minimum Gasteiger partial charge on any atom is -0.308 e. The highest BCUT2D eigenvalue weighted by atomic mass is 16.1. The lowest BCUT2D eigenvalue weighted by atomic mass is 9.97. The molecule has 0 aliphatic heterocycles. The first-order valence-corrected chi connectivity index (χ1v) is 7.27. The standard InChI is InChI=1S/C16H18N4O/c21-16(11-13-7-3-1-4-8-13)17-15-12-20(19-18-15)14-9-5-2-6-10-14/h2,5-7,9-10,12H,1,3-4,8,11H2,(H,17,21). The second kappa shape index (κ2) is 6.35. The molecule has 1 aliphatic rings. The Balaban J connectivity index is 1.62. The number of amides is 1. The molecule has 0 spiro atoms. The molecule has 0 saturated heterocycles. The van der Waals surface area contributed by atoms with Gasteiger partial charge in [-0.15, -0.1) is 5.10 Å². The van der Waals surface area contributed by atoms with Gasteiger partial charge in [-0.3, -0.25) is 4.79 Å². The van der Waals surface area contributed by atoms with Crippen LogP contribution in [0.4, 0.5) is 5.82 Å².